The van der Waals surface area contributed by atoms with Gasteiger partial charge in [0, 0.05) is 18.5 Å². The van der Waals surface area contributed by atoms with Crippen molar-refractivity contribution in [3.05, 3.63) is 23.8 Å². The highest BCUT2D eigenvalue weighted by atomic mass is 16.7. The van der Waals surface area contributed by atoms with Crippen molar-refractivity contribution in [2.75, 3.05) is 31.8 Å². The molecule has 26 heavy (non-hydrogen) atoms. The molecule has 2 N–H and O–H groups in total. The zero-order chi connectivity index (χ0) is 18.6. The summed E-state index contributed by atoms with van der Waals surface area (Å²) in [6.45, 7) is 1.31. The van der Waals surface area contributed by atoms with Gasteiger partial charge in [0.05, 0.1) is 26.0 Å². The molecule has 2 aliphatic heterocycles. The van der Waals surface area contributed by atoms with E-state index in [0.29, 0.717) is 43.9 Å². The van der Waals surface area contributed by atoms with Crippen LogP contribution in [0.2, 0.25) is 0 Å². The molecule has 0 radical (unpaired) electrons. The molecule has 0 unspecified atom stereocenters. The molecule has 2 heterocycles. The minimum atomic E-state index is -1.34. The summed E-state index contributed by atoms with van der Waals surface area (Å²) in [5, 5.41) is 8.47. The molecule has 1 aromatic rings. The molecule has 0 saturated carbocycles. The lowest BCUT2D eigenvalue weighted by Crippen LogP contribution is -2.41. The molecular weight excluding hydrogens is 340 g/mol. The second-order valence-corrected chi connectivity index (χ2v) is 6.35. The summed E-state index contributed by atoms with van der Waals surface area (Å²) >= 11 is 0. The molecule has 2 aliphatic rings. The van der Waals surface area contributed by atoms with E-state index in [9.17, 15) is 9.59 Å². The fraction of sp³-hybridized carbons (Fsp3) is 0.556. The number of amides is 2. The molecule has 1 fully saturated rings. The molecule has 0 aliphatic carbocycles. The monoisotopic (exact) mass is 364 g/mol. The Morgan fingerprint density at radius 3 is 2.69 bits per heavy atom. The molecule has 1 saturated heterocycles. The zero-order valence-electron chi connectivity index (χ0n) is 14.8. The van der Waals surface area contributed by atoms with Crippen molar-refractivity contribution in [3.8, 4) is 5.75 Å². The summed E-state index contributed by atoms with van der Waals surface area (Å²) in [4.78, 5) is 25.7. The number of ether oxygens (including phenoxy) is 3. The van der Waals surface area contributed by atoms with E-state index in [1.54, 1.807) is 23.6 Å². The second-order valence-electron chi connectivity index (χ2n) is 6.35. The van der Waals surface area contributed by atoms with E-state index in [-0.39, 0.29) is 11.8 Å². The van der Waals surface area contributed by atoms with Crippen molar-refractivity contribution >= 4 is 17.5 Å². The first kappa shape index (κ1) is 18.6. The Morgan fingerprint density at radius 1 is 1.27 bits per heavy atom. The Hall–Kier alpha value is -2.16. The van der Waals surface area contributed by atoms with Crippen molar-refractivity contribution < 1.29 is 29.0 Å². The molecule has 0 aromatic heterocycles. The van der Waals surface area contributed by atoms with Crippen molar-refractivity contribution in [1.82, 2.24) is 5.48 Å². The molecule has 8 heteroatoms. The van der Waals surface area contributed by atoms with Gasteiger partial charge in [-0.25, -0.2) is 5.48 Å². The van der Waals surface area contributed by atoms with Crippen molar-refractivity contribution in [3.63, 3.8) is 0 Å². The van der Waals surface area contributed by atoms with E-state index in [1.807, 2.05) is 12.1 Å². The summed E-state index contributed by atoms with van der Waals surface area (Å²) in [6, 6.07) is 5.48. The van der Waals surface area contributed by atoms with Crippen LogP contribution in [-0.2, 0) is 24.8 Å². The molecular formula is C18H24N2O6. The van der Waals surface area contributed by atoms with E-state index in [4.69, 9.17) is 19.4 Å². The lowest BCUT2D eigenvalue weighted by molar-refractivity contribution is -0.180. The molecule has 0 bridgehead atoms. The minimum Gasteiger partial charge on any atom is -0.497 e. The van der Waals surface area contributed by atoms with Gasteiger partial charge >= 0.3 is 0 Å². The number of nitrogens with one attached hydrogen (secondary N) is 1. The van der Waals surface area contributed by atoms with Crippen LogP contribution in [0.5, 0.6) is 5.75 Å². The fourth-order valence-electron chi connectivity index (χ4n) is 3.42. The topological polar surface area (TPSA) is 97.3 Å². The van der Waals surface area contributed by atoms with Crippen LogP contribution in [0.3, 0.4) is 0 Å². The lowest BCUT2D eigenvalue weighted by Gasteiger charge is -2.22. The molecule has 2 amide bonds. The number of hydrogen-bond donors (Lipinski definition) is 2. The van der Waals surface area contributed by atoms with Crippen LogP contribution in [0.25, 0.3) is 0 Å². The third kappa shape index (κ3) is 3.40. The van der Waals surface area contributed by atoms with Gasteiger partial charge in [0.15, 0.2) is 0 Å². The van der Waals surface area contributed by atoms with Crippen LogP contribution in [-0.4, -0.2) is 43.9 Å². The Morgan fingerprint density at radius 2 is 2.00 bits per heavy atom. The third-order valence-corrected chi connectivity index (χ3v) is 4.73. The zero-order valence-corrected chi connectivity index (χ0v) is 14.8. The number of benzene rings is 1. The van der Waals surface area contributed by atoms with E-state index in [2.05, 4.69) is 0 Å². The smallest absolute Gasteiger partial charge is 0.292 e. The predicted molar refractivity (Wildman–Crippen MR) is 91.9 cm³/mol. The number of hydroxylamine groups is 1. The summed E-state index contributed by atoms with van der Waals surface area (Å²) in [5.41, 5.74) is 3.11. The largest absolute Gasteiger partial charge is 0.497 e. The number of hydrogen-bond acceptors (Lipinski definition) is 6. The number of nitrogens with zero attached hydrogens (tertiary/aromatic N) is 1. The van der Waals surface area contributed by atoms with Gasteiger partial charge in [0.25, 0.3) is 11.7 Å². The average molecular weight is 364 g/mol. The van der Waals surface area contributed by atoms with Gasteiger partial charge in [-0.15, -0.1) is 0 Å². The van der Waals surface area contributed by atoms with Crippen molar-refractivity contribution in [2.45, 2.75) is 37.9 Å². The first-order chi connectivity index (χ1) is 12.6. The highest BCUT2D eigenvalue weighted by Crippen LogP contribution is 2.47. The van der Waals surface area contributed by atoms with Gasteiger partial charge in [-0.2, -0.15) is 0 Å². The second kappa shape index (κ2) is 8.03. The van der Waals surface area contributed by atoms with Gasteiger partial charge in [0.1, 0.15) is 5.75 Å². The van der Waals surface area contributed by atoms with Crippen molar-refractivity contribution in [2.24, 2.45) is 0 Å². The predicted octanol–water partition coefficient (Wildman–Crippen LogP) is 1.70. The van der Waals surface area contributed by atoms with Crippen LogP contribution in [0, 0.1) is 0 Å². The summed E-state index contributed by atoms with van der Waals surface area (Å²) in [5.74, 6) is -1.26. The summed E-state index contributed by atoms with van der Waals surface area (Å²) in [7, 11) is 1.58. The lowest BCUT2D eigenvalue weighted by atomic mass is 10.1. The molecule has 0 atom stereocenters. The number of fused-ring (bicyclic) bond motifs is 2. The average Bonchev–Trinajstić information content (AvgIpc) is 3.24. The maximum Gasteiger partial charge on any atom is 0.292 e. The van der Waals surface area contributed by atoms with Crippen LogP contribution >= 0.6 is 0 Å². The molecule has 1 spiro atoms. The molecule has 3 rings (SSSR count). The standard InChI is InChI=1S/C18H24N2O6/c1-24-13-7-8-15-14(12-13)18(25-10-11-26-18)17(22)20(15)9-5-3-2-4-6-16(21)19-23/h7-8,12,23H,2-6,9-11H2,1H3,(H,19,21). The van der Waals surface area contributed by atoms with Gasteiger partial charge in [-0.1, -0.05) is 12.8 Å². The quantitative estimate of drug-likeness (QED) is 0.414. The number of methoxy groups -OCH3 is 1. The molecule has 1 aromatic carbocycles. The Labute approximate surface area is 152 Å². The van der Waals surface area contributed by atoms with E-state index >= 15 is 0 Å². The maximum absolute atomic E-state index is 13.0. The van der Waals surface area contributed by atoms with Crippen LogP contribution in [0.15, 0.2) is 18.2 Å². The minimum absolute atomic E-state index is 0.196. The van der Waals surface area contributed by atoms with E-state index < -0.39 is 5.79 Å². The number of rotatable bonds is 8. The molecule has 142 valence electrons. The fourth-order valence-corrected chi connectivity index (χ4v) is 3.42. The number of unbranched alkanes of at least 4 members (excludes halogenated alkanes) is 3. The number of anilines is 1. The Balaban J connectivity index is 1.64. The highest BCUT2D eigenvalue weighted by Gasteiger charge is 2.56. The molecule has 8 nitrogen and oxygen atoms in total. The van der Waals surface area contributed by atoms with Gasteiger partial charge < -0.3 is 19.1 Å². The van der Waals surface area contributed by atoms with E-state index in [0.717, 1.165) is 24.9 Å². The van der Waals surface area contributed by atoms with Crippen molar-refractivity contribution in [1.29, 1.82) is 0 Å². The summed E-state index contributed by atoms with van der Waals surface area (Å²) < 4.78 is 16.7. The Kier molecular flexibility index (Phi) is 5.75. The van der Waals surface area contributed by atoms with Crippen LogP contribution in [0.4, 0.5) is 5.69 Å². The third-order valence-electron chi connectivity index (χ3n) is 4.73. The normalized spacial score (nSPS) is 17.6. The number of carbonyl (C=O) groups is 2. The van der Waals surface area contributed by atoms with Gasteiger partial charge in [-0.05, 0) is 31.0 Å². The van der Waals surface area contributed by atoms with E-state index in [1.165, 1.54) is 0 Å². The van der Waals surface area contributed by atoms with Gasteiger partial charge in [0.2, 0.25) is 5.91 Å². The SMILES string of the molecule is COc1ccc2c(c1)C1(OCCO1)C(=O)N2CCCCCCC(=O)NO. The van der Waals surface area contributed by atoms with Crippen LogP contribution < -0.4 is 15.1 Å². The maximum atomic E-state index is 13.0. The van der Waals surface area contributed by atoms with Gasteiger partial charge in [-0.3, -0.25) is 14.8 Å². The highest BCUT2D eigenvalue weighted by molar-refractivity contribution is 6.06. The first-order valence-electron chi connectivity index (χ1n) is 8.83. The Bertz CT molecular complexity index is 672. The first-order valence-corrected chi connectivity index (χ1v) is 8.83. The number of carbonyl (C=O) groups excluding carboxylic acids is 2. The summed E-state index contributed by atoms with van der Waals surface area (Å²) in [6.07, 6.45) is 3.52. The van der Waals surface area contributed by atoms with Crippen LogP contribution in [0.1, 0.15) is 37.7 Å².